The van der Waals surface area contributed by atoms with E-state index in [1.165, 1.54) is 6.07 Å². The lowest BCUT2D eigenvalue weighted by molar-refractivity contribution is -0.137. The minimum absolute atomic E-state index is 0.000905. The maximum absolute atomic E-state index is 13.1. The molecule has 1 saturated heterocycles. The second-order valence-corrected chi connectivity index (χ2v) is 10.1. The number of carbonyl (C=O) groups is 1. The molecule has 158 valence electrons. The number of nitrogens with zero attached hydrogens (tertiary/aromatic N) is 3. The van der Waals surface area contributed by atoms with Crippen LogP contribution in [0, 0.1) is 0 Å². The molecule has 0 radical (unpaired) electrons. The van der Waals surface area contributed by atoms with Crippen molar-refractivity contribution in [1.29, 1.82) is 0 Å². The predicted molar refractivity (Wildman–Crippen MR) is 103 cm³/mol. The van der Waals surface area contributed by atoms with Gasteiger partial charge in [-0.25, -0.2) is 8.42 Å². The highest BCUT2D eigenvalue weighted by Crippen LogP contribution is 2.36. The van der Waals surface area contributed by atoms with Gasteiger partial charge in [0.25, 0.3) is 0 Å². The number of sulfone groups is 1. The summed E-state index contributed by atoms with van der Waals surface area (Å²) in [6, 6.07) is 3.09. The maximum atomic E-state index is 13.1. The van der Waals surface area contributed by atoms with E-state index in [1.54, 1.807) is 11.6 Å². The van der Waals surface area contributed by atoms with Crippen LogP contribution in [0.4, 0.5) is 18.9 Å². The van der Waals surface area contributed by atoms with Crippen LogP contribution in [-0.2, 0) is 27.9 Å². The van der Waals surface area contributed by atoms with Crippen molar-refractivity contribution in [3.8, 4) is 0 Å². The Kier molecular flexibility index (Phi) is 6.16. The third-order valence-corrected chi connectivity index (χ3v) is 7.38. The predicted octanol–water partition coefficient (Wildman–Crippen LogP) is 3.12. The number of nitrogens with one attached hydrogen (secondary N) is 1. The average molecular weight is 469 g/mol. The van der Waals surface area contributed by atoms with Gasteiger partial charge in [-0.3, -0.25) is 4.79 Å². The molecule has 1 fully saturated rings. The number of hydrogen-bond acceptors (Lipinski definition) is 6. The smallest absolute Gasteiger partial charge is 0.325 e. The summed E-state index contributed by atoms with van der Waals surface area (Å²) in [4.78, 5) is 12.1. The molecule has 1 aliphatic heterocycles. The molecule has 1 aromatic heterocycles. The largest absolute Gasteiger partial charge is 0.418 e. The Morgan fingerprint density at radius 2 is 2.10 bits per heavy atom. The van der Waals surface area contributed by atoms with Gasteiger partial charge in [0.15, 0.2) is 15.0 Å². The van der Waals surface area contributed by atoms with E-state index >= 15 is 0 Å². The van der Waals surface area contributed by atoms with Crippen LogP contribution < -0.4 is 5.32 Å². The quantitative estimate of drug-likeness (QED) is 0.678. The number of hydrogen-bond donors (Lipinski definition) is 1. The van der Waals surface area contributed by atoms with Crippen LogP contribution >= 0.6 is 23.4 Å². The number of halogens is 4. The molecule has 7 nitrogen and oxygen atoms in total. The van der Waals surface area contributed by atoms with Crippen LogP contribution in [-0.4, -0.2) is 46.3 Å². The van der Waals surface area contributed by atoms with Gasteiger partial charge in [-0.15, -0.1) is 10.2 Å². The van der Waals surface area contributed by atoms with Crippen LogP contribution in [0.5, 0.6) is 0 Å². The van der Waals surface area contributed by atoms with Crippen LogP contribution in [0.15, 0.2) is 23.4 Å². The molecular weight excluding hydrogens is 453 g/mol. The summed E-state index contributed by atoms with van der Waals surface area (Å²) < 4.78 is 64.2. The Morgan fingerprint density at radius 1 is 1.38 bits per heavy atom. The Morgan fingerprint density at radius 3 is 2.72 bits per heavy atom. The highest BCUT2D eigenvalue weighted by Gasteiger charge is 2.34. The minimum atomic E-state index is -4.67. The summed E-state index contributed by atoms with van der Waals surface area (Å²) in [5.74, 6) is -0.515. The molecule has 0 spiro atoms. The van der Waals surface area contributed by atoms with Crippen LogP contribution in [0.2, 0.25) is 5.02 Å². The Balaban J connectivity index is 1.65. The lowest BCUT2D eigenvalue weighted by atomic mass is 10.1. The third kappa shape index (κ3) is 5.23. The number of carbonyl (C=O) groups excluding carboxylic acids is 1. The van der Waals surface area contributed by atoms with Gasteiger partial charge in [0.05, 0.1) is 28.5 Å². The van der Waals surface area contributed by atoms with Gasteiger partial charge >= 0.3 is 6.18 Å². The summed E-state index contributed by atoms with van der Waals surface area (Å²) >= 11 is 6.61. The van der Waals surface area contributed by atoms with Gasteiger partial charge < -0.3 is 9.88 Å². The zero-order valence-electron chi connectivity index (χ0n) is 15.0. The molecule has 3 rings (SSSR count). The molecule has 2 heterocycles. The van der Waals surface area contributed by atoms with Crippen LogP contribution in [0.3, 0.4) is 0 Å². The Hall–Kier alpha value is -1.79. The molecule has 1 N–H and O–H groups in total. The van der Waals surface area contributed by atoms with E-state index in [1.807, 2.05) is 0 Å². The topological polar surface area (TPSA) is 93.9 Å². The highest BCUT2D eigenvalue weighted by molar-refractivity contribution is 7.99. The number of thioether (sulfide) groups is 1. The SMILES string of the molecule is Cn1c(SCC(=O)Nc2ccc(Cl)cc2C(F)(F)F)nnc1C1CCS(=O)(=O)C1. The second kappa shape index (κ2) is 8.15. The summed E-state index contributed by atoms with van der Waals surface area (Å²) in [6.07, 6.45) is -4.21. The zero-order valence-corrected chi connectivity index (χ0v) is 17.4. The highest BCUT2D eigenvalue weighted by atomic mass is 35.5. The summed E-state index contributed by atoms with van der Waals surface area (Å²) in [5.41, 5.74) is -1.42. The van der Waals surface area contributed by atoms with E-state index in [0.29, 0.717) is 17.4 Å². The molecule has 1 amide bonds. The molecule has 2 aromatic rings. The van der Waals surface area contributed by atoms with Gasteiger partial charge in [-0.1, -0.05) is 23.4 Å². The number of aromatic nitrogens is 3. The first-order valence-electron chi connectivity index (χ1n) is 8.35. The number of anilines is 1. The molecule has 1 unspecified atom stereocenters. The van der Waals surface area contributed by atoms with Crippen LogP contribution in [0.25, 0.3) is 0 Å². The molecule has 1 atom stereocenters. The fraction of sp³-hybridized carbons (Fsp3) is 0.438. The number of alkyl halides is 3. The first-order chi connectivity index (χ1) is 13.5. The van der Waals surface area contributed by atoms with Crippen molar-refractivity contribution >= 4 is 44.8 Å². The molecule has 13 heteroatoms. The Labute approximate surface area is 173 Å². The molecule has 1 aliphatic rings. The lowest BCUT2D eigenvalue weighted by Gasteiger charge is -2.14. The summed E-state index contributed by atoms with van der Waals surface area (Å²) in [5, 5.41) is 10.5. The zero-order chi connectivity index (χ0) is 21.4. The third-order valence-electron chi connectivity index (χ3n) is 4.36. The van der Waals surface area contributed by atoms with E-state index < -0.39 is 27.5 Å². The lowest BCUT2D eigenvalue weighted by Crippen LogP contribution is -2.18. The monoisotopic (exact) mass is 468 g/mol. The van der Waals surface area contributed by atoms with Gasteiger partial charge in [0.1, 0.15) is 5.82 Å². The molecule has 1 aromatic carbocycles. The molecule has 0 saturated carbocycles. The van der Waals surface area contributed by atoms with Crippen molar-refractivity contribution in [2.24, 2.45) is 7.05 Å². The molecular formula is C16H16ClF3N4O3S2. The van der Waals surface area contributed by atoms with Gasteiger partial charge in [-0.05, 0) is 24.6 Å². The van der Waals surface area contributed by atoms with Crippen molar-refractivity contribution in [1.82, 2.24) is 14.8 Å². The van der Waals surface area contributed by atoms with Crippen molar-refractivity contribution < 1.29 is 26.4 Å². The fourth-order valence-corrected chi connectivity index (χ4v) is 5.61. The van der Waals surface area contributed by atoms with E-state index in [2.05, 4.69) is 15.5 Å². The van der Waals surface area contributed by atoms with Crippen molar-refractivity contribution in [2.75, 3.05) is 22.6 Å². The normalized spacial score (nSPS) is 18.7. The van der Waals surface area contributed by atoms with E-state index in [9.17, 15) is 26.4 Å². The van der Waals surface area contributed by atoms with Crippen molar-refractivity contribution in [3.05, 3.63) is 34.6 Å². The van der Waals surface area contributed by atoms with Crippen molar-refractivity contribution in [2.45, 2.75) is 23.7 Å². The maximum Gasteiger partial charge on any atom is 0.418 e. The first kappa shape index (κ1) is 21.9. The van der Waals surface area contributed by atoms with Crippen LogP contribution in [0.1, 0.15) is 23.7 Å². The average Bonchev–Trinajstić information content (AvgIpc) is 3.15. The van der Waals surface area contributed by atoms with Gasteiger partial charge in [0, 0.05) is 18.0 Å². The molecule has 0 aliphatic carbocycles. The fourth-order valence-electron chi connectivity index (χ4n) is 2.98. The standard InChI is InChI=1S/C16H16ClF3N4O3S2/c1-24-14(9-4-5-29(26,27)8-9)22-23-15(24)28-7-13(25)21-12-3-2-10(17)6-11(12)16(18,19)20/h2-3,6,9H,4-5,7-8H2,1H3,(H,21,25). The van der Waals surface area contributed by atoms with E-state index in [-0.39, 0.29) is 33.9 Å². The van der Waals surface area contributed by atoms with E-state index in [0.717, 1.165) is 23.9 Å². The number of rotatable bonds is 5. The number of benzene rings is 1. The molecule has 29 heavy (non-hydrogen) atoms. The first-order valence-corrected chi connectivity index (χ1v) is 11.5. The van der Waals surface area contributed by atoms with Crippen molar-refractivity contribution in [3.63, 3.8) is 0 Å². The van der Waals surface area contributed by atoms with Gasteiger partial charge in [-0.2, -0.15) is 13.2 Å². The van der Waals surface area contributed by atoms with Gasteiger partial charge in [0.2, 0.25) is 5.91 Å². The molecule has 0 bridgehead atoms. The minimum Gasteiger partial charge on any atom is -0.325 e. The van der Waals surface area contributed by atoms with E-state index in [4.69, 9.17) is 11.6 Å². The summed E-state index contributed by atoms with van der Waals surface area (Å²) in [7, 11) is -1.43. The second-order valence-electron chi connectivity index (χ2n) is 6.52. The number of amides is 1. The summed E-state index contributed by atoms with van der Waals surface area (Å²) in [6.45, 7) is 0. The Bertz CT molecular complexity index is 1040.